The third kappa shape index (κ3) is 7.05. The maximum absolute atomic E-state index is 13.8. The topological polar surface area (TPSA) is 93.8 Å². The van der Waals surface area contributed by atoms with Crippen molar-refractivity contribution in [3.63, 3.8) is 0 Å². The number of fused-ring (bicyclic) bond motifs is 1. The van der Waals surface area contributed by atoms with Gasteiger partial charge in [-0.1, -0.05) is 31.2 Å². The van der Waals surface area contributed by atoms with Crippen LogP contribution in [0.25, 0.3) is 0 Å². The molecule has 1 heterocycles. The molecule has 0 saturated heterocycles. The van der Waals surface area contributed by atoms with Gasteiger partial charge in [-0.25, -0.2) is 13.6 Å². The Morgan fingerprint density at radius 3 is 2.54 bits per heavy atom. The van der Waals surface area contributed by atoms with Crippen molar-refractivity contribution in [3.8, 4) is 11.5 Å². The van der Waals surface area contributed by atoms with Crippen LogP contribution in [-0.2, 0) is 19.4 Å². The first-order valence-electron chi connectivity index (χ1n) is 12.5. The summed E-state index contributed by atoms with van der Waals surface area (Å²) in [4.78, 5) is 11.4. The van der Waals surface area contributed by atoms with Crippen LogP contribution in [0.15, 0.2) is 60.7 Å². The van der Waals surface area contributed by atoms with Gasteiger partial charge in [0.1, 0.15) is 17.7 Å². The van der Waals surface area contributed by atoms with E-state index in [4.69, 9.17) is 15.2 Å². The van der Waals surface area contributed by atoms with Crippen molar-refractivity contribution in [3.05, 3.63) is 94.6 Å². The van der Waals surface area contributed by atoms with Crippen LogP contribution in [0.4, 0.5) is 8.78 Å². The van der Waals surface area contributed by atoms with Gasteiger partial charge in [0.2, 0.25) is 0 Å². The Morgan fingerprint density at radius 1 is 1.05 bits per heavy atom. The van der Waals surface area contributed by atoms with E-state index in [-0.39, 0.29) is 24.0 Å². The zero-order valence-electron chi connectivity index (χ0n) is 20.8. The number of benzene rings is 3. The molecule has 0 aliphatic carbocycles. The maximum atomic E-state index is 13.8. The number of ether oxygens (including phenoxy) is 2. The van der Waals surface area contributed by atoms with Gasteiger partial charge in [-0.15, -0.1) is 0 Å². The molecule has 1 aliphatic rings. The SMILES string of the molecule is CCc1cccc(CNC[C@H](C(N)Cc2cc(F)cc(F)c2)[C@@H]2CCOc3cc(C(=O)O)ccc3O2)c1. The standard InChI is InChI=1S/C29H32F2N2O4/c1-2-18-4-3-5-19(10-18)16-33-17-24(25(32)13-20-11-22(30)15-23(31)12-20)26-8-9-36-28-14-21(29(34)35)6-7-27(28)37-26/h3-7,10-12,14-15,24-26,33H,2,8-9,13,16-17,32H2,1H3,(H,34,35)/t24-,25?,26+/m1/s1. The number of carbonyl (C=O) groups is 1. The smallest absolute Gasteiger partial charge is 0.335 e. The quantitative estimate of drug-likeness (QED) is 0.365. The molecule has 4 rings (SSSR count). The lowest BCUT2D eigenvalue weighted by Gasteiger charge is -2.31. The molecule has 0 radical (unpaired) electrons. The van der Waals surface area contributed by atoms with Gasteiger partial charge < -0.3 is 25.6 Å². The molecular weight excluding hydrogens is 478 g/mol. The van der Waals surface area contributed by atoms with Crippen LogP contribution in [0.2, 0.25) is 0 Å². The molecule has 0 saturated carbocycles. The van der Waals surface area contributed by atoms with E-state index in [1.807, 2.05) is 6.07 Å². The Balaban J connectivity index is 1.53. The zero-order chi connectivity index (χ0) is 26.4. The molecule has 8 heteroatoms. The van der Waals surface area contributed by atoms with E-state index >= 15 is 0 Å². The van der Waals surface area contributed by atoms with E-state index in [0.717, 1.165) is 18.1 Å². The highest BCUT2D eigenvalue weighted by molar-refractivity contribution is 5.88. The average Bonchev–Trinajstić information content (AvgIpc) is 3.07. The molecule has 0 fully saturated rings. The summed E-state index contributed by atoms with van der Waals surface area (Å²) in [6.07, 6.45) is 1.36. The molecule has 0 amide bonds. The van der Waals surface area contributed by atoms with Crippen LogP contribution in [-0.4, -0.2) is 36.4 Å². The molecule has 196 valence electrons. The van der Waals surface area contributed by atoms with Crippen LogP contribution in [0, 0.1) is 17.6 Å². The number of aryl methyl sites for hydroxylation is 1. The Kier molecular flexibility index (Phi) is 8.74. The molecule has 1 unspecified atom stereocenters. The van der Waals surface area contributed by atoms with Gasteiger partial charge in [-0.3, -0.25) is 0 Å². The molecule has 3 atom stereocenters. The van der Waals surface area contributed by atoms with Crippen LogP contribution < -0.4 is 20.5 Å². The Labute approximate surface area is 215 Å². The van der Waals surface area contributed by atoms with Crippen molar-refractivity contribution in [2.45, 2.75) is 44.9 Å². The second-order valence-electron chi connectivity index (χ2n) is 9.37. The van der Waals surface area contributed by atoms with E-state index in [1.54, 1.807) is 6.07 Å². The van der Waals surface area contributed by atoms with E-state index in [2.05, 4.69) is 30.4 Å². The third-order valence-corrected chi connectivity index (χ3v) is 6.66. The van der Waals surface area contributed by atoms with Gasteiger partial charge in [0.15, 0.2) is 11.5 Å². The number of hydrogen-bond donors (Lipinski definition) is 3. The first-order valence-corrected chi connectivity index (χ1v) is 12.5. The molecule has 1 aliphatic heterocycles. The Morgan fingerprint density at radius 2 is 1.81 bits per heavy atom. The van der Waals surface area contributed by atoms with Crippen molar-refractivity contribution in [2.24, 2.45) is 11.7 Å². The molecule has 0 spiro atoms. The fourth-order valence-electron chi connectivity index (χ4n) is 4.71. The van der Waals surface area contributed by atoms with E-state index in [1.165, 1.54) is 29.8 Å². The Hall–Kier alpha value is -3.49. The first-order chi connectivity index (χ1) is 17.8. The summed E-state index contributed by atoms with van der Waals surface area (Å²) in [5.74, 6) is -1.76. The molecule has 0 aromatic heterocycles. The van der Waals surface area contributed by atoms with E-state index < -0.39 is 23.6 Å². The highest BCUT2D eigenvalue weighted by Crippen LogP contribution is 2.34. The number of carboxylic acids is 1. The molecule has 37 heavy (non-hydrogen) atoms. The number of halogens is 2. The van der Waals surface area contributed by atoms with Crippen LogP contribution in [0.3, 0.4) is 0 Å². The number of aromatic carboxylic acids is 1. The van der Waals surface area contributed by atoms with E-state index in [0.29, 0.717) is 43.2 Å². The highest BCUT2D eigenvalue weighted by Gasteiger charge is 2.32. The largest absolute Gasteiger partial charge is 0.490 e. The van der Waals surface area contributed by atoms with Crippen molar-refractivity contribution < 1.29 is 28.2 Å². The lowest BCUT2D eigenvalue weighted by atomic mass is 9.87. The summed E-state index contributed by atoms with van der Waals surface area (Å²) >= 11 is 0. The maximum Gasteiger partial charge on any atom is 0.335 e. The van der Waals surface area contributed by atoms with Crippen molar-refractivity contribution in [2.75, 3.05) is 13.2 Å². The minimum Gasteiger partial charge on any atom is -0.490 e. The Bertz CT molecular complexity index is 1220. The summed E-state index contributed by atoms with van der Waals surface area (Å²) in [6.45, 7) is 3.56. The highest BCUT2D eigenvalue weighted by atomic mass is 19.1. The van der Waals surface area contributed by atoms with Crippen LogP contribution in [0.1, 0.15) is 40.4 Å². The van der Waals surface area contributed by atoms with Crippen LogP contribution in [0.5, 0.6) is 11.5 Å². The number of nitrogens with one attached hydrogen (secondary N) is 1. The summed E-state index contributed by atoms with van der Waals surface area (Å²) in [6, 6.07) is 15.8. The molecular formula is C29H32F2N2O4. The van der Waals surface area contributed by atoms with Gasteiger partial charge >= 0.3 is 5.97 Å². The number of nitrogens with two attached hydrogens (primary N) is 1. The van der Waals surface area contributed by atoms with Crippen LogP contribution >= 0.6 is 0 Å². The van der Waals surface area contributed by atoms with Gasteiger partial charge in [0.25, 0.3) is 0 Å². The minimum atomic E-state index is -1.05. The molecule has 4 N–H and O–H groups in total. The van der Waals surface area contributed by atoms with Crippen molar-refractivity contribution >= 4 is 5.97 Å². The average molecular weight is 511 g/mol. The number of hydrogen-bond acceptors (Lipinski definition) is 5. The summed E-state index contributed by atoms with van der Waals surface area (Å²) in [7, 11) is 0. The lowest BCUT2D eigenvalue weighted by molar-refractivity contribution is 0.0696. The summed E-state index contributed by atoms with van der Waals surface area (Å²) in [5, 5.41) is 12.8. The minimum absolute atomic E-state index is 0.109. The first kappa shape index (κ1) is 26.6. The number of carboxylic acid groups (broad SMARTS) is 1. The molecule has 3 aromatic rings. The fourth-order valence-corrected chi connectivity index (χ4v) is 4.71. The summed E-state index contributed by atoms with van der Waals surface area (Å²) in [5.41, 5.74) is 9.64. The lowest BCUT2D eigenvalue weighted by Crippen LogP contribution is -2.47. The van der Waals surface area contributed by atoms with Gasteiger partial charge in [-0.2, -0.15) is 0 Å². The van der Waals surface area contributed by atoms with E-state index in [9.17, 15) is 18.7 Å². The van der Waals surface area contributed by atoms with Crippen molar-refractivity contribution in [1.82, 2.24) is 5.32 Å². The normalized spacial score (nSPS) is 16.6. The predicted octanol–water partition coefficient (Wildman–Crippen LogP) is 4.73. The van der Waals surface area contributed by atoms with Gasteiger partial charge in [-0.05, 0) is 59.9 Å². The second-order valence-corrected chi connectivity index (χ2v) is 9.37. The predicted molar refractivity (Wildman–Crippen MR) is 137 cm³/mol. The third-order valence-electron chi connectivity index (χ3n) is 6.66. The fraction of sp³-hybridized carbons (Fsp3) is 0.345. The van der Waals surface area contributed by atoms with Gasteiger partial charge in [0, 0.05) is 37.5 Å². The number of rotatable bonds is 10. The molecule has 3 aromatic carbocycles. The monoisotopic (exact) mass is 510 g/mol. The van der Waals surface area contributed by atoms with Crippen molar-refractivity contribution in [1.29, 1.82) is 0 Å². The molecule has 0 bridgehead atoms. The molecule has 6 nitrogen and oxygen atoms in total. The van der Waals surface area contributed by atoms with Gasteiger partial charge in [0.05, 0.1) is 12.2 Å². The zero-order valence-corrected chi connectivity index (χ0v) is 20.8. The summed E-state index contributed by atoms with van der Waals surface area (Å²) < 4.78 is 39.8. The second kappa shape index (κ2) is 12.2.